The van der Waals surface area contributed by atoms with Crippen LogP contribution in [0.2, 0.25) is 0 Å². The molecule has 5 nitrogen and oxygen atoms in total. The zero-order valence-corrected chi connectivity index (χ0v) is 8.96. The molecule has 56 valence electrons. The minimum absolute atomic E-state index is 0. The maximum absolute atomic E-state index is 9.20. The molecule has 9 heteroatoms. The largest absolute Gasteiger partial charge is 1.00 e. The van der Waals surface area contributed by atoms with Crippen LogP contribution in [-0.4, -0.2) is 13.0 Å². The van der Waals surface area contributed by atoms with Gasteiger partial charge in [-0.05, 0) is 0 Å². The van der Waals surface area contributed by atoms with Crippen LogP contribution in [0.5, 0.6) is 0 Å². The summed E-state index contributed by atoms with van der Waals surface area (Å²) in [4.78, 5) is 0. The first-order valence-corrected chi connectivity index (χ1v) is 2.51. The van der Waals surface area contributed by atoms with Crippen molar-refractivity contribution in [3.05, 3.63) is 0 Å². The summed E-state index contributed by atoms with van der Waals surface area (Å²) in [5.41, 5.74) is 0. The maximum Gasteiger partial charge on any atom is 1.00 e. The van der Waals surface area contributed by atoms with Crippen molar-refractivity contribution in [2.45, 2.75) is 0 Å². The molecule has 0 amide bonds. The van der Waals surface area contributed by atoms with Crippen LogP contribution in [0.1, 0.15) is 1.43 Å². The molecule has 9 heavy (non-hydrogen) atoms. The molecule has 0 rings (SSSR count). The second-order valence-electron chi connectivity index (χ2n) is 0.491. The van der Waals surface area contributed by atoms with Gasteiger partial charge < -0.3 is 7.58 Å². The number of hydrogen-bond donors (Lipinski definition) is 2. The summed E-state index contributed by atoms with van der Waals surface area (Å²) in [5, 5.41) is 0. The molecule has 0 bridgehead atoms. The van der Waals surface area contributed by atoms with E-state index in [1.807, 2.05) is 0 Å². The third kappa shape index (κ3) is 26.6. The monoisotopic (exact) mass is 209 g/mol. The summed E-state index contributed by atoms with van der Waals surface area (Å²) in [5.74, 6) is 0. The van der Waals surface area contributed by atoms with Crippen molar-refractivity contribution in [2.24, 2.45) is 0 Å². The van der Waals surface area contributed by atoms with E-state index in [0.717, 1.165) is 0 Å². The van der Waals surface area contributed by atoms with Gasteiger partial charge in [0.15, 0.2) is 0 Å². The Hall–Kier alpha value is 1.41. The predicted octanol–water partition coefficient (Wildman–Crippen LogP) is -2.34. The fourth-order valence-corrected chi connectivity index (χ4v) is 0. The van der Waals surface area contributed by atoms with Crippen LogP contribution in [0, 0.1) is 0 Å². The van der Waals surface area contributed by atoms with Crippen molar-refractivity contribution in [1.29, 1.82) is 0 Å². The Kier molecular flexibility index (Phi) is 23.5. The molecule has 0 heterocycles. The molecule has 0 aliphatic carbocycles. The SMILES string of the molecule is Cl.N.O=S(=O)(O)OCl.[H-].[Na+]. The van der Waals surface area contributed by atoms with Gasteiger partial charge in [-0.3, -0.25) is 4.55 Å². The third-order valence-corrected chi connectivity index (χ3v) is 0.716. The summed E-state index contributed by atoms with van der Waals surface area (Å²) >= 11 is 4.14. The predicted molar refractivity (Wildman–Crippen MR) is 31.9 cm³/mol. The van der Waals surface area contributed by atoms with Crippen molar-refractivity contribution in [2.75, 3.05) is 0 Å². The smallest absolute Gasteiger partial charge is 1.00 e. The second kappa shape index (κ2) is 9.41. The molecule has 0 atom stereocenters. The molecule has 0 aliphatic rings. The van der Waals surface area contributed by atoms with Gasteiger partial charge in [-0.1, -0.05) is 0 Å². The molecule has 0 spiro atoms. The summed E-state index contributed by atoms with van der Waals surface area (Å²) in [6.07, 6.45) is 0. The van der Waals surface area contributed by atoms with Crippen molar-refractivity contribution in [3.63, 3.8) is 0 Å². The van der Waals surface area contributed by atoms with E-state index in [1.165, 1.54) is 0 Å². The molecule has 4 N–H and O–H groups in total. The number of halogens is 2. The minimum Gasteiger partial charge on any atom is -1.00 e. The van der Waals surface area contributed by atoms with Crippen molar-refractivity contribution in [1.82, 2.24) is 6.15 Å². The van der Waals surface area contributed by atoms with Gasteiger partial charge >= 0.3 is 40.0 Å². The van der Waals surface area contributed by atoms with E-state index >= 15 is 0 Å². The summed E-state index contributed by atoms with van der Waals surface area (Å²) in [7, 11) is -4.40. The van der Waals surface area contributed by atoms with Crippen LogP contribution in [0.4, 0.5) is 0 Å². The molecule has 0 fully saturated rings. The van der Waals surface area contributed by atoms with Gasteiger partial charge in [0.25, 0.3) is 0 Å². The van der Waals surface area contributed by atoms with Gasteiger partial charge in [0, 0.05) is 0 Å². The Labute approximate surface area is 88.0 Å². The van der Waals surface area contributed by atoms with Gasteiger partial charge in [-0.15, -0.1) is 16.1 Å². The number of hydrogen-bond acceptors (Lipinski definition) is 4. The molecule has 0 aromatic carbocycles. The zero-order chi connectivity index (χ0) is 5.21. The van der Waals surface area contributed by atoms with E-state index < -0.39 is 10.4 Å². The van der Waals surface area contributed by atoms with Crippen LogP contribution in [0.15, 0.2) is 0 Å². The normalized spacial score (nSPS) is 7.78. The summed E-state index contributed by atoms with van der Waals surface area (Å²) in [6, 6.07) is 0. The van der Waals surface area contributed by atoms with E-state index in [-0.39, 0.29) is 49.5 Å². The van der Waals surface area contributed by atoms with Crippen molar-refractivity contribution >= 4 is 34.7 Å². The van der Waals surface area contributed by atoms with E-state index in [4.69, 9.17) is 4.55 Å². The zero-order valence-electron chi connectivity index (χ0n) is 5.57. The Balaban J connectivity index is -0.0000000208. The standard InChI is InChI=1S/ClHO4S.ClH.H3N.Na.H/c1-5-6(2,3)4;;;;/h(H,2,3,4);1H;1H3;;/q;;;+1;-1. The topological polar surface area (TPSA) is 98.6 Å². The first kappa shape index (κ1) is 22.4. The molecule has 0 aliphatic heterocycles. The average Bonchev–Trinajstić information content (AvgIpc) is 1.35. The van der Waals surface area contributed by atoms with Gasteiger partial charge in [0.05, 0.1) is 11.9 Å². The molecular formula is H6Cl2NNaO4S. The van der Waals surface area contributed by atoms with Gasteiger partial charge in [0.1, 0.15) is 0 Å². The molecule has 0 radical (unpaired) electrons. The van der Waals surface area contributed by atoms with E-state index in [9.17, 15) is 8.42 Å². The van der Waals surface area contributed by atoms with Gasteiger partial charge in [-0.25, -0.2) is 0 Å². The Bertz CT molecular complexity index is 125. The third-order valence-electron chi connectivity index (χ3n) is 0.0796. The first-order valence-electron chi connectivity index (χ1n) is 0.837. The van der Waals surface area contributed by atoms with Gasteiger partial charge in [0.2, 0.25) is 0 Å². The van der Waals surface area contributed by atoms with E-state index in [1.54, 1.807) is 0 Å². The van der Waals surface area contributed by atoms with Crippen LogP contribution in [0.25, 0.3) is 0 Å². The Morgan fingerprint density at radius 1 is 1.56 bits per heavy atom. The quantitative estimate of drug-likeness (QED) is 0.373. The molecule has 0 unspecified atom stereocenters. The van der Waals surface area contributed by atoms with E-state index in [0.29, 0.717) is 0 Å². The average molecular weight is 210 g/mol. The Morgan fingerprint density at radius 2 is 1.67 bits per heavy atom. The first-order chi connectivity index (χ1) is 2.56. The fraction of sp³-hybridized carbons (Fsp3) is 0. The van der Waals surface area contributed by atoms with E-state index in [2.05, 4.69) is 15.6 Å². The maximum atomic E-state index is 9.20. The van der Waals surface area contributed by atoms with Crippen LogP contribution in [-0.2, 0) is 14.1 Å². The molecule has 0 aromatic rings. The fourth-order valence-electron chi connectivity index (χ4n) is 0. The number of rotatable bonds is 1. The molecule has 0 saturated carbocycles. The minimum atomic E-state index is -4.40. The molecule has 0 aromatic heterocycles. The van der Waals surface area contributed by atoms with Crippen molar-refractivity contribution < 1.29 is 47.7 Å². The molecular weight excluding hydrogens is 204 g/mol. The Morgan fingerprint density at radius 3 is 1.67 bits per heavy atom. The van der Waals surface area contributed by atoms with Crippen LogP contribution >= 0.6 is 24.3 Å². The second-order valence-corrected chi connectivity index (χ2v) is 1.85. The molecule has 0 saturated heterocycles. The van der Waals surface area contributed by atoms with Crippen LogP contribution in [0.3, 0.4) is 0 Å². The summed E-state index contributed by atoms with van der Waals surface area (Å²) in [6.45, 7) is 0. The van der Waals surface area contributed by atoms with Crippen LogP contribution < -0.4 is 35.7 Å². The summed E-state index contributed by atoms with van der Waals surface area (Å²) < 4.78 is 28.8. The van der Waals surface area contributed by atoms with Crippen molar-refractivity contribution in [3.8, 4) is 0 Å². The van der Waals surface area contributed by atoms with Gasteiger partial charge in [-0.2, -0.15) is 8.42 Å².